The van der Waals surface area contributed by atoms with E-state index in [0.29, 0.717) is 11.6 Å². The van der Waals surface area contributed by atoms with Crippen LogP contribution in [0.1, 0.15) is 12.8 Å². The lowest BCUT2D eigenvalue weighted by Crippen LogP contribution is -2.66. The predicted octanol–water partition coefficient (Wildman–Crippen LogP) is 3.06. The van der Waals surface area contributed by atoms with Crippen LogP contribution < -0.4 is 5.32 Å². The number of hydrogen-bond donors (Lipinski definition) is 2. The predicted molar refractivity (Wildman–Crippen MR) is 82.3 cm³/mol. The summed E-state index contributed by atoms with van der Waals surface area (Å²) in [6, 6.07) is 5.44. The fourth-order valence-electron chi connectivity index (χ4n) is 3.33. The van der Waals surface area contributed by atoms with Crippen molar-refractivity contribution in [2.24, 2.45) is 5.92 Å². The number of piperidine rings is 3. The van der Waals surface area contributed by atoms with Gasteiger partial charge in [-0.3, -0.25) is 0 Å². The van der Waals surface area contributed by atoms with Gasteiger partial charge in [0, 0.05) is 16.7 Å². The summed E-state index contributed by atoms with van der Waals surface area (Å²) in [5.74, 6) is -0.586. The Labute approximate surface area is 131 Å². The molecule has 0 spiro atoms. The van der Waals surface area contributed by atoms with Gasteiger partial charge < -0.3 is 15.3 Å². The zero-order valence-corrected chi connectivity index (χ0v) is 13.2. The molecule has 2 N–H and O–H groups in total. The van der Waals surface area contributed by atoms with Gasteiger partial charge >= 0.3 is 5.97 Å². The summed E-state index contributed by atoms with van der Waals surface area (Å²) < 4.78 is 0.769. The third kappa shape index (κ3) is 2.32. The number of hydrogen-bond acceptors (Lipinski definition) is 3. The van der Waals surface area contributed by atoms with E-state index >= 15 is 0 Å². The van der Waals surface area contributed by atoms with Crippen molar-refractivity contribution in [1.82, 2.24) is 4.90 Å². The molecule has 1 aromatic carbocycles. The van der Waals surface area contributed by atoms with Gasteiger partial charge in [0.15, 0.2) is 5.54 Å². The van der Waals surface area contributed by atoms with Crippen LogP contribution in [0.2, 0.25) is 5.02 Å². The number of nitrogens with one attached hydrogen (secondary N) is 1. The molecule has 3 aliphatic rings. The van der Waals surface area contributed by atoms with Gasteiger partial charge in [-0.2, -0.15) is 0 Å². The summed E-state index contributed by atoms with van der Waals surface area (Å²) in [7, 11) is 0. The smallest absolute Gasteiger partial charge is 0.330 e. The Morgan fingerprint density at radius 2 is 2.15 bits per heavy atom. The van der Waals surface area contributed by atoms with Crippen LogP contribution in [0.3, 0.4) is 0 Å². The van der Waals surface area contributed by atoms with Crippen molar-refractivity contribution in [3.8, 4) is 0 Å². The molecule has 0 radical (unpaired) electrons. The maximum absolute atomic E-state index is 11.9. The van der Waals surface area contributed by atoms with E-state index in [9.17, 15) is 9.90 Å². The van der Waals surface area contributed by atoms with E-state index in [2.05, 4.69) is 26.1 Å². The van der Waals surface area contributed by atoms with E-state index in [1.807, 2.05) is 12.1 Å². The number of carboxylic acid groups (broad SMARTS) is 1. The van der Waals surface area contributed by atoms with Gasteiger partial charge in [0.2, 0.25) is 0 Å². The topological polar surface area (TPSA) is 52.6 Å². The number of carboxylic acids is 1. The maximum atomic E-state index is 11.9. The molecule has 4 nitrogen and oxygen atoms in total. The number of halogens is 2. The Balaban J connectivity index is 1.92. The number of nitrogens with zero attached hydrogens (tertiary/aromatic N) is 1. The first-order valence-electron chi connectivity index (χ1n) is 6.70. The molecule has 0 saturated carbocycles. The molecule has 3 saturated heterocycles. The van der Waals surface area contributed by atoms with Crippen LogP contribution >= 0.6 is 27.5 Å². The highest BCUT2D eigenvalue weighted by molar-refractivity contribution is 9.10. The van der Waals surface area contributed by atoms with E-state index in [0.717, 1.165) is 36.1 Å². The van der Waals surface area contributed by atoms with Gasteiger partial charge in [0.05, 0.1) is 5.02 Å². The van der Waals surface area contributed by atoms with Crippen LogP contribution in [0.25, 0.3) is 0 Å². The van der Waals surface area contributed by atoms with Gasteiger partial charge in [-0.1, -0.05) is 11.6 Å². The van der Waals surface area contributed by atoms with Crippen molar-refractivity contribution in [2.75, 3.05) is 25.0 Å². The van der Waals surface area contributed by atoms with Gasteiger partial charge in [0.25, 0.3) is 0 Å². The molecule has 3 fully saturated rings. The molecular formula is C14H16BrClN2O2. The Bertz CT molecular complexity index is 546. The number of anilines is 1. The monoisotopic (exact) mass is 358 g/mol. The normalized spacial score (nSPS) is 32.1. The highest BCUT2D eigenvalue weighted by atomic mass is 79.9. The minimum Gasteiger partial charge on any atom is -0.479 e. The molecule has 108 valence electrons. The molecule has 4 rings (SSSR count). The van der Waals surface area contributed by atoms with Crippen molar-refractivity contribution in [2.45, 2.75) is 18.4 Å². The van der Waals surface area contributed by atoms with Crippen molar-refractivity contribution in [1.29, 1.82) is 0 Å². The molecule has 6 heteroatoms. The molecular weight excluding hydrogens is 344 g/mol. The summed E-state index contributed by atoms with van der Waals surface area (Å²) in [5, 5.41) is 13.7. The second-order valence-electron chi connectivity index (χ2n) is 5.58. The summed E-state index contributed by atoms with van der Waals surface area (Å²) in [4.78, 5) is 14.1. The Morgan fingerprint density at radius 1 is 1.45 bits per heavy atom. The lowest BCUT2D eigenvalue weighted by molar-refractivity contribution is -0.149. The number of aliphatic carboxylic acids is 1. The molecule has 1 aromatic rings. The second kappa shape index (κ2) is 5.20. The molecule has 3 heterocycles. The van der Waals surface area contributed by atoms with Crippen LogP contribution in [0.15, 0.2) is 22.7 Å². The minimum absolute atomic E-state index is 0.180. The SMILES string of the molecule is O=C(O)C1(Nc2ccc(Cl)c(Br)c2)CN2CCC1CC2. The number of rotatable bonds is 3. The number of fused-ring (bicyclic) bond motifs is 3. The second-order valence-corrected chi connectivity index (χ2v) is 6.84. The minimum atomic E-state index is -0.885. The molecule has 1 atom stereocenters. The van der Waals surface area contributed by atoms with Crippen molar-refractivity contribution >= 4 is 39.2 Å². The van der Waals surface area contributed by atoms with Crippen LogP contribution in [-0.2, 0) is 4.79 Å². The fourth-order valence-corrected chi connectivity index (χ4v) is 3.83. The number of benzene rings is 1. The van der Waals surface area contributed by atoms with Crippen LogP contribution in [0.5, 0.6) is 0 Å². The van der Waals surface area contributed by atoms with Gasteiger partial charge in [-0.05, 0) is 66.0 Å². The first kappa shape index (κ1) is 14.2. The fraction of sp³-hybridized carbons (Fsp3) is 0.500. The summed E-state index contributed by atoms with van der Waals surface area (Å²) in [6.07, 6.45) is 1.88. The van der Waals surface area contributed by atoms with Gasteiger partial charge in [-0.15, -0.1) is 0 Å². The van der Waals surface area contributed by atoms with Crippen LogP contribution in [0.4, 0.5) is 5.69 Å². The summed E-state index contributed by atoms with van der Waals surface area (Å²) >= 11 is 9.36. The molecule has 0 amide bonds. The average Bonchev–Trinajstić information content (AvgIpc) is 2.44. The largest absolute Gasteiger partial charge is 0.479 e. The van der Waals surface area contributed by atoms with E-state index in [-0.39, 0.29) is 5.92 Å². The molecule has 20 heavy (non-hydrogen) atoms. The Hall–Kier alpha value is -0.780. The Kier molecular flexibility index (Phi) is 3.69. The van der Waals surface area contributed by atoms with E-state index in [1.54, 1.807) is 6.07 Å². The average molecular weight is 360 g/mol. The number of carbonyl (C=O) groups is 1. The van der Waals surface area contributed by atoms with Gasteiger partial charge in [0.1, 0.15) is 0 Å². The quantitative estimate of drug-likeness (QED) is 0.871. The first-order chi connectivity index (χ1) is 9.51. The lowest BCUT2D eigenvalue weighted by Gasteiger charge is -2.51. The molecule has 2 bridgehead atoms. The lowest BCUT2D eigenvalue weighted by atomic mass is 9.72. The van der Waals surface area contributed by atoms with Crippen molar-refractivity contribution < 1.29 is 9.90 Å². The zero-order chi connectivity index (χ0) is 14.3. The third-order valence-corrected chi connectivity index (χ3v) is 5.64. The maximum Gasteiger partial charge on any atom is 0.330 e. The third-order valence-electron chi connectivity index (χ3n) is 4.43. The van der Waals surface area contributed by atoms with Gasteiger partial charge in [-0.25, -0.2) is 4.79 Å². The van der Waals surface area contributed by atoms with Crippen LogP contribution in [0, 0.1) is 5.92 Å². The zero-order valence-electron chi connectivity index (χ0n) is 10.9. The molecule has 0 aromatic heterocycles. The molecule has 3 aliphatic heterocycles. The van der Waals surface area contributed by atoms with Crippen molar-refractivity contribution in [3.05, 3.63) is 27.7 Å². The molecule has 1 unspecified atom stereocenters. The van der Waals surface area contributed by atoms with E-state index in [1.165, 1.54) is 0 Å². The van der Waals surface area contributed by atoms with E-state index in [4.69, 9.17) is 11.6 Å². The first-order valence-corrected chi connectivity index (χ1v) is 7.87. The standard InChI is InChI=1S/C14H16BrClN2O2/c15-11-7-10(1-2-12(11)16)17-14(13(19)20)8-18-5-3-9(14)4-6-18/h1-2,7,9,17H,3-6,8H2,(H,19,20). The summed E-state index contributed by atoms with van der Waals surface area (Å²) in [6.45, 7) is 2.57. The highest BCUT2D eigenvalue weighted by Gasteiger charge is 2.52. The van der Waals surface area contributed by atoms with Crippen LogP contribution in [-0.4, -0.2) is 41.1 Å². The molecule has 0 aliphatic carbocycles. The highest BCUT2D eigenvalue weighted by Crippen LogP contribution is 2.39. The Morgan fingerprint density at radius 3 is 2.65 bits per heavy atom. The van der Waals surface area contributed by atoms with E-state index < -0.39 is 11.5 Å². The van der Waals surface area contributed by atoms with Crippen molar-refractivity contribution in [3.63, 3.8) is 0 Å². The summed E-state index contributed by atoms with van der Waals surface area (Å²) in [5.41, 5.74) is -0.0959.